The van der Waals surface area contributed by atoms with E-state index in [4.69, 9.17) is 16.0 Å². The highest BCUT2D eigenvalue weighted by Gasteiger charge is 2.21. The molecule has 124 valence electrons. The summed E-state index contributed by atoms with van der Waals surface area (Å²) < 4.78 is 7.18. The Bertz CT molecular complexity index is 888. The van der Waals surface area contributed by atoms with E-state index in [1.54, 1.807) is 30.5 Å². The summed E-state index contributed by atoms with van der Waals surface area (Å²) in [6.07, 6.45) is 1.62. The third-order valence-electron chi connectivity index (χ3n) is 3.70. The number of ketones is 1. The van der Waals surface area contributed by atoms with Gasteiger partial charge in [-0.05, 0) is 32.0 Å². The number of aryl methyl sites for hydroxylation is 1. The molecular formula is C17H16ClN3O2S. The Kier molecular flexibility index (Phi) is 4.78. The summed E-state index contributed by atoms with van der Waals surface area (Å²) in [4.78, 5) is 12.6. The maximum Gasteiger partial charge on any atom is 0.191 e. The second-order valence-electron chi connectivity index (χ2n) is 5.39. The van der Waals surface area contributed by atoms with Crippen molar-refractivity contribution >= 4 is 29.1 Å². The van der Waals surface area contributed by atoms with Gasteiger partial charge in [0.05, 0.1) is 17.1 Å². The molecule has 1 atom stereocenters. The lowest BCUT2D eigenvalue weighted by Gasteiger charge is -2.10. The van der Waals surface area contributed by atoms with Gasteiger partial charge in [-0.2, -0.15) is 0 Å². The number of Topliss-reactive ketones (excluding diaryl/α,β-unsaturated/α-hetero) is 1. The van der Waals surface area contributed by atoms with Crippen LogP contribution in [0, 0.1) is 6.92 Å². The molecule has 7 heteroatoms. The predicted molar refractivity (Wildman–Crippen MR) is 94.5 cm³/mol. The number of halogens is 1. The fourth-order valence-corrected chi connectivity index (χ4v) is 3.44. The third-order valence-corrected chi connectivity index (χ3v) is 5.06. The van der Waals surface area contributed by atoms with Gasteiger partial charge in [0.25, 0.3) is 0 Å². The fourth-order valence-electron chi connectivity index (χ4n) is 2.36. The lowest BCUT2D eigenvalue weighted by molar-refractivity contribution is 0.0994. The van der Waals surface area contributed by atoms with E-state index in [0.29, 0.717) is 21.6 Å². The van der Waals surface area contributed by atoms with Gasteiger partial charge in [-0.1, -0.05) is 35.5 Å². The van der Waals surface area contributed by atoms with Gasteiger partial charge in [0.15, 0.2) is 16.8 Å². The van der Waals surface area contributed by atoms with Crippen molar-refractivity contribution < 1.29 is 9.21 Å². The van der Waals surface area contributed by atoms with Crippen LogP contribution in [0.5, 0.6) is 0 Å². The van der Waals surface area contributed by atoms with Crippen LogP contribution in [0.1, 0.15) is 23.0 Å². The number of hydrogen-bond acceptors (Lipinski definition) is 5. The van der Waals surface area contributed by atoms with E-state index in [0.717, 1.165) is 11.3 Å². The minimum atomic E-state index is -0.301. The number of aromatic nitrogens is 3. The van der Waals surface area contributed by atoms with Crippen LogP contribution in [0.15, 0.2) is 46.2 Å². The van der Waals surface area contributed by atoms with Crippen molar-refractivity contribution in [3.8, 4) is 11.4 Å². The van der Waals surface area contributed by atoms with E-state index < -0.39 is 0 Å². The Morgan fingerprint density at radius 3 is 2.79 bits per heavy atom. The lowest BCUT2D eigenvalue weighted by atomic mass is 10.1. The van der Waals surface area contributed by atoms with Gasteiger partial charge in [-0.3, -0.25) is 4.79 Å². The largest absolute Gasteiger partial charge is 0.469 e. The van der Waals surface area contributed by atoms with Crippen LogP contribution in [0.25, 0.3) is 11.4 Å². The number of benzene rings is 1. The molecular weight excluding hydrogens is 346 g/mol. The van der Waals surface area contributed by atoms with Crippen molar-refractivity contribution in [1.82, 2.24) is 14.8 Å². The lowest BCUT2D eigenvalue weighted by Crippen LogP contribution is -2.14. The number of furan rings is 1. The smallest absolute Gasteiger partial charge is 0.191 e. The van der Waals surface area contributed by atoms with E-state index in [-0.39, 0.29) is 11.0 Å². The van der Waals surface area contributed by atoms with Crippen molar-refractivity contribution in [2.75, 3.05) is 0 Å². The van der Waals surface area contributed by atoms with E-state index in [9.17, 15) is 4.79 Å². The summed E-state index contributed by atoms with van der Waals surface area (Å²) in [5.41, 5.74) is 1.49. The second kappa shape index (κ2) is 6.83. The molecule has 5 nitrogen and oxygen atoms in total. The van der Waals surface area contributed by atoms with Crippen molar-refractivity contribution in [3.63, 3.8) is 0 Å². The van der Waals surface area contributed by atoms with Gasteiger partial charge in [-0.15, -0.1) is 10.2 Å². The summed E-state index contributed by atoms with van der Waals surface area (Å²) in [7, 11) is 1.88. The van der Waals surface area contributed by atoms with E-state index in [1.165, 1.54) is 11.8 Å². The van der Waals surface area contributed by atoms with Gasteiger partial charge < -0.3 is 8.98 Å². The number of hydrogen-bond donors (Lipinski definition) is 0. The zero-order chi connectivity index (χ0) is 17.3. The molecule has 0 aliphatic carbocycles. The summed E-state index contributed by atoms with van der Waals surface area (Å²) in [6.45, 7) is 3.73. The summed E-state index contributed by atoms with van der Waals surface area (Å²) >= 11 is 7.33. The standard InChI is InChI=1S/C17H16ClN3O2S/c1-10-14(7-8-23-10)16-19-20-17(21(16)3)24-11(2)15(22)12-5-4-6-13(18)9-12/h4-9,11H,1-3H3. The molecule has 0 amide bonds. The fraction of sp³-hybridized carbons (Fsp3) is 0.235. The molecule has 2 aromatic heterocycles. The van der Waals surface area contributed by atoms with E-state index in [2.05, 4.69) is 10.2 Å². The minimum Gasteiger partial charge on any atom is -0.469 e. The van der Waals surface area contributed by atoms with Gasteiger partial charge >= 0.3 is 0 Å². The summed E-state index contributed by atoms with van der Waals surface area (Å²) in [5, 5.41) is 9.34. The first-order valence-electron chi connectivity index (χ1n) is 7.37. The van der Waals surface area contributed by atoms with Crippen LogP contribution < -0.4 is 0 Å². The molecule has 0 saturated carbocycles. The van der Waals surface area contributed by atoms with Crippen molar-refractivity contribution in [1.29, 1.82) is 0 Å². The molecule has 1 unspecified atom stereocenters. The summed E-state index contributed by atoms with van der Waals surface area (Å²) in [5.74, 6) is 1.50. The zero-order valence-electron chi connectivity index (χ0n) is 13.5. The molecule has 0 aliphatic heterocycles. The van der Waals surface area contributed by atoms with E-state index >= 15 is 0 Å². The Hall–Kier alpha value is -2.05. The molecule has 0 aliphatic rings. The molecule has 0 radical (unpaired) electrons. The molecule has 3 aromatic rings. The highest BCUT2D eigenvalue weighted by atomic mass is 35.5. The minimum absolute atomic E-state index is 0.00606. The van der Waals surface area contributed by atoms with Gasteiger partial charge in [0, 0.05) is 17.6 Å². The topological polar surface area (TPSA) is 60.9 Å². The third kappa shape index (κ3) is 3.25. The Morgan fingerprint density at radius 2 is 2.12 bits per heavy atom. The van der Waals surface area contributed by atoms with Crippen LogP contribution >= 0.6 is 23.4 Å². The van der Waals surface area contributed by atoms with Crippen LogP contribution in [-0.2, 0) is 7.05 Å². The number of thioether (sulfide) groups is 1. The van der Waals surface area contributed by atoms with E-state index in [1.807, 2.05) is 31.5 Å². The van der Waals surface area contributed by atoms with Crippen molar-refractivity contribution in [2.45, 2.75) is 24.3 Å². The number of carbonyl (C=O) groups is 1. The number of carbonyl (C=O) groups excluding carboxylic acids is 1. The molecule has 0 spiro atoms. The highest BCUT2D eigenvalue weighted by Crippen LogP contribution is 2.29. The van der Waals surface area contributed by atoms with Crippen molar-refractivity contribution in [2.24, 2.45) is 7.05 Å². The first-order chi connectivity index (χ1) is 11.5. The van der Waals surface area contributed by atoms with Crippen LogP contribution in [0.3, 0.4) is 0 Å². The Labute approximate surface area is 149 Å². The highest BCUT2D eigenvalue weighted by molar-refractivity contribution is 8.00. The zero-order valence-corrected chi connectivity index (χ0v) is 15.1. The number of rotatable bonds is 5. The van der Waals surface area contributed by atoms with Crippen LogP contribution in [0.4, 0.5) is 0 Å². The molecule has 24 heavy (non-hydrogen) atoms. The monoisotopic (exact) mass is 361 g/mol. The van der Waals surface area contributed by atoms with Crippen LogP contribution in [0.2, 0.25) is 5.02 Å². The van der Waals surface area contributed by atoms with Crippen molar-refractivity contribution in [3.05, 3.63) is 52.9 Å². The Morgan fingerprint density at radius 1 is 1.33 bits per heavy atom. The molecule has 0 N–H and O–H groups in total. The first kappa shape index (κ1) is 16.8. The van der Waals surface area contributed by atoms with Crippen LogP contribution in [-0.4, -0.2) is 25.8 Å². The maximum atomic E-state index is 12.6. The maximum absolute atomic E-state index is 12.6. The van der Waals surface area contributed by atoms with Gasteiger partial charge in [-0.25, -0.2) is 0 Å². The van der Waals surface area contributed by atoms with Gasteiger partial charge in [0.1, 0.15) is 5.76 Å². The SMILES string of the molecule is Cc1occc1-c1nnc(SC(C)C(=O)c2cccc(Cl)c2)n1C. The normalized spacial score (nSPS) is 12.3. The Balaban J connectivity index is 1.80. The first-order valence-corrected chi connectivity index (χ1v) is 8.63. The molecule has 0 saturated heterocycles. The molecule has 1 aromatic carbocycles. The van der Waals surface area contributed by atoms with Gasteiger partial charge in [0.2, 0.25) is 0 Å². The molecule has 0 fully saturated rings. The summed E-state index contributed by atoms with van der Waals surface area (Å²) in [6, 6.07) is 8.82. The number of nitrogens with zero attached hydrogens (tertiary/aromatic N) is 3. The predicted octanol–water partition coefficient (Wildman–Crippen LogP) is 4.40. The quantitative estimate of drug-likeness (QED) is 0.498. The molecule has 3 rings (SSSR count). The average molecular weight is 362 g/mol. The molecule has 2 heterocycles. The average Bonchev–Trinajstić information content (AvgIpc) is 3.13. The molecule has 0 bridgehead atoms. The second-order valence-corrected chi connectivity index (χ2v) is 7.13.